The monoisotopic (exact) mass is 83.1 g/mol. The van der Waals surface area contributed by atoms with Gasteiger partial charge >= 0.3 is 0 Å². The molecule has 34 valence electrons. The summed E-state index contributed by atoms with van der Waals surface area (Å²) in [6.07, 6.45) is 2.05. The molecule has 0 aliphatic heterocycles. The highest BCUT2D eigenvalue weighted by molar-refractivity contribution is 5.40. The van der Waals surface area contributed by atoms with Crippen LogP contribution in [0, 0.1) is 0 Å². The summed E-state index contributed by atoms with van der Waals surface area (Å²) in [7, 11) is 0. The molecule has 0 saturated heterocycles. The van der Waals surface area contributed by atoms with Crippen LogP contribution in [-0.2, 0) is 0 Å². The summed E-state index contributed by atoms with van der Waals surface area (Å²) in [4.78, 5) is 0. The van der Waals surface area contributed by atoms with E-state index in [9.17, 15) is 0 Å². The largest absolute Gasteiger partial charge is 0.319 e. The van der Waals surface area contributed by atoms with Crippen molar-refractivity contribution in [1.82, 2.24) is 0 Å². The fourth-order valence-electron chi connectivity index (χ4n) is 0.414. The summed E-state index contributed by atoms with van der Waals surface area (Å²) in [5.74, 6) is 0. The van der Waals surface area contributed by atoms with Crippen LogP contribution in [0.3, 0.4) is 0 Å². The second-order valence-corrected chi connectivity index (χ2v) is 2.11. The molecule has 0 aromatic rings. The number of hydrogen-bond acceptors (Lipinski definition) is 1. The molecule has 0 heterocycles. The van der Waals surface area contributed by atoms with Gasteiger partial charge in [-0.25, -0.2) is 0 Å². The summed E-state index contributed by atoms with van der Waals surface area (Å²) in [5.41, 5.74) is 6.82. The fourth-order valence-corrected chi connectivity index (χ4v) is 0.414. The third kappa shape index (κ3) is 0.356. The van der Waals surface area contributed by atoms with Gasteiger partial charge in [-0.15, -0.1) is 0 Å². The molecule has 6 heavy (non-hydrogen) atoms. The van der Waals surface area contributed by atoms with Gasteiger partial charge in [0.15, 0.2) is 0 Å². The average Bonchev–Trinajstić information content (AvgIpc) is 1.73. The Kier molecular flexibility index (Phi) is 0.442. The smallest absolute Gasteiger partial charge is 0.0527 e. The summed E-state index contributed by atoms with van der Waals surface area (Å²) in [5, 5.41) is 0. The highest BCUT2D eigenvalue weighted by Crippen LogP contribution is 2.28. The van der Waals surface area contributed by atoms with Crippen LogP contribution in [0.4, 0.5) is 0 Å². The summed E-state index contributed by atoms with van der Waals surface area (Å²) >= 11 is 0. The van der Waals surface area contributed by atoms with Gasteiger partial charge in [0.05, 0.1) is 5.54 Å². The first-order chi connectivity index (χ1) is 2.63. The molecule has 0 aromatic carbocycles. The molecule has 1 heteroatoms. The molecule has 1 unspecified atom stereocenters. The third-order valence-electron chi connectivity index (χ3n) is 1.28. The number of nitrogens with two attached hydrogens (primary N) is 1. The number of rotatable bonds is 0. The predicted octanol–water partition coefficient (Wildman–Crippen LogP) is 0.664. The minimum atomic E-state index is 0. The van der Waals surface area contributed by atoms with Crippen LogP contribution in [0.1, 0.15) is 13.8 Å². The van der Waals surface area contributed by atoms with E-state index in [-0.39, 0.29) is 5.54 Å². The molecule has 0 aromatic heterocycles. The lowest BCUT2D eigenvalue weighted by atomic mass is 10.2. The van der Waals surface area contributed by atoms with Gasteiger partial charge in [0.25, 0.3) is 0 Å². The van der Waals surface area contributed by atoms with Crippen LogP contribution in [0.2, 0.25) is 0 Å². The van der Waals surface area contributed by atoms with Gasteiger partial charge in [-0.05, 0) is 13.8 Å². The molecule has 1 aliphatic rings. The Labute approximate surface area is 37.8 Å². The zero-order valence-electron chi connectivity index (χ0n) is 4.15. The van der Waals surface area contributed by atoms with Crippen molar-refractivity contribution in [1.29, 1.82) is 0 Å². The van der Waals surface area contributed by atoms with E-state index >= 15 is 0 Å². The standard InChI is InChI=1S/C5H9N/c1-4-3-5(4,2)6/h3H,6H2,1-2H3. The van der Waals surface area contributed by atoms with Crippen molar-refractivity contribution in [3.05, 3.63) is 11.6 Å². The zero-order valence-corrected chi connectivity index (χ0v) is 4.15. The highest BCUT2D eigenvalue weighted by Gasteiger charge is 2.29. The SMILES string of the molecule is CC1=CC1(C)N. The molecule has 0 radical (unpaired) electrons. The van der Waals surface area contributed by atoms with E-state index < -0.39 is 0 Å². The molecule has 1 nitrogen and oxygen atoms in total. The van der Waals surface area contributed by atoms with Crippen LogP contribution in [-0.4, -0.2) is 5.54 Å². The fraction of sp³-hybridized carbons (Fsp3) is 0.600. The van der Waals surface area contributed by atoms with Crippen LogP contribution in [0.5, 0.6) is 0 Å². The maximum atomic E-state index is 5.52. The van der Waals surface area contributed by atoms with Crippen LogP contribution in [0.25, 0.3) is 0 Å². The molecule has 0 spiro atoms. The Morgan fingerprint density at radius 1 is 1.83 bits per heavy atom. The van der Waals surface area contributed by atoms with E-state index in [0.29, 0.717) is 0 Å². The molecule has 1 rings (SSSR count). The first-order valence-corrected chi connectivity index (χ1v) is 2.12. The van der Waals surface area contributed by atoms with Crippen LogP contribution in [0.15, 0.2) is 11.6 Å². The van der Waals surface area contributed by atoms with Crippen molar-refractivity contribution in [2.75, 3.05) is 0 Å². The van der Waals surface area contributed by atoms with Gasteiger partial charge in [0, 0.05) is 0 Å². The minimum Gasteiger partial charge on any atom is -0.319 e. The quantitative estimate of drug-likeness (QED) is 0.428. The van der Waals surface area contributed by atoms with Gasteiger partial charge in [0.1, 0.15) is 0 Å². The first kappa shape index (κ1) is 3.88. The van der Waals surface area contributed by atoms with Crippen LogP contribution < -0.4 is 5.73 Å². The topological polar surface area (TPSA) is 26.0 Å². The summed E-state index contributed by atoms with van der Waals surface area (Å²) < 4.78 is 0. The lowest BCUT2D eigenvalue weighted by molar-refractivity contribution is 0.806. The van der Waals surface area contributed by atoms with Gasteiger partial charge in [-0.2, -0.15) is 0 Å². The van der Waals surface area contributed by atoms with Gasteiger partial charge < -0.3 is 5.73 Å². The second-order valence-electron chi connectivity index (χ2n) is 2.11. The molecule has 1 atom stereocenters. The first-order valence-electron chi connectivity index (χ1n) is 2.12. The van der Waals surface area contributed by atoms with E-state index in [2.05, 4.69) is 0 Å². The number of hydrogen-bond donors (Lipinski definition) is 1. The summed E-state index contributed by atoms with van der Waals surface area (Å²) in [6.45, 7) is 4.04. The van der Waals surface area contributed by atoms with Crippen molar-refractivity contribution in [2.24, 2.45) is 5.73 Å². The van der Waals surface area contributed by atoms with Crippen molar-refractivity contribution in [3.8, 4) is 0 Å². The Morgan fingerprint density at radius 2 is 2.00 bits per heavy atom. The van der Waals surface area contributed by atoms with E-state index in [1.54, 1.807) is 0 Å². The van der Waals surface area contributed by atoms with E-state index in [0.717, 1.165) is 0 Å². The van der Waals surface area contributed by atoms with Crippen molar-refractivity contribution < 1.29 is 0 Å². The highest BCUT2D eigenvalue weighted by atomic mass is 14.8. The van der Waals surface area contributed by atoms with Gasteiger partial charge in [-0.3, -0.25) is 0 Å². The molecular weight excluding hydrogens is 74.1 g/mol. The average molecular weight is 83.1 g/mol. The molecule has 0 saturated carbocycles. The lowest BCUT2D eigenvalue weighted by Crippen LogP contribution is -2.19. The molecule has 0 fully saturated rings. The van der Waals surface area contributed by atoms with E-state index in [1.807, 2.05) is 19.9 Å². The van der Waals surface area contributed by atoms with Gasteiger partial charge in [-0.1, -0.05) is 11.6 Å². The second kappa shape index (κ2) is 0.684. The Hall–Kier alpha value is -0.300. The predicted molar refractivity (Wildman–Crippen MR) is 26.3 cm³/mol. The maximum Gasteiger partial charge on any atom is 0.0527 e. The normalized spacial score (nSPS) is 42.2. The van der Waals surface area contributed by atoms with Gasteiger partial charge in [0.2, 0.25) is 0 Å². The molecule has 0 amide bonds. The molecule has 0 bridgehead atoms. The Morgan fingerprint density at radius 3 is 2.00 bits per heavy atom. The van der Waals surface area contributed by atoms with Crippen molar-refractivity contribution >= 4 is 0 Å². The van der Waals surface area contributed by atoms with Crippen molar-refractivity contribution in [3.63, 3.8) is 0 Å². The zero-order chi connectivity index (χ0) is 4.78. The van der Waals surface area contributed by atoms with E-state index in [1.165, 1.54) is 5.57 Å². The van der Waals surface area contributed by atoms with E-state index in [4.69, 9.17) is 5.73 Å². The Bertz CT molecular complexity index is 101. The van der Waals surface area contributed by atoms with Crippen LogP contribution >= 0.6 is 0 Å². The summed E-state index contributed by atoms with van der Waals surface area (Å²) in [6, 6.07) is 0. The maximum absolute atomic E-state index is 5.52. The molecule has 2 N–H and O–H groups in total. The molecular formula is C5H9N. The van der Waals surface area contributed by atoms with Crippen molar-refractivity contribution in [2.45, 2.75) is 19.4 Å². The third-order valence-corrected chi connectivity index (χ3v) is 1.28. The lowest BCUT2D eigenvalue weighted by Gasteiger charge is -1.96. The Balaban J connectivity index is 2.53. The minimum absolute atomic E-state index is 0. The molecule has 1 aliphatic carbocycles.